The quantitative estimate of drug-likeness (QED) is 0.738. The largest absolute Gasteiger partial charge is 0.374 e. The summed E-state index contributed by atoms with van der Waals surface area (Å²) in [6.45, 7) is 0.700. The first-order valence-electron chi connectivity index (χ1n) is 5.20. The van der Waals surface area contributed by atoms with Gasteiger partial charge in [-0.05, 0) is 30.5 Å². The van der Waals surface area contributed by atoms with Crippen molar-refractivity contribution in [3.63, 3.8) is 0 Å². The van der Waals surface area contributed by atoms with Gasteiger partial charge in [0.25, 0.3) is 0 Å². The minimum atomic E-state index is 0.481. The van der Waals surface area contributed by atoms with Crippen molar-refractivity contribution in [1.29, 1.82) is 0 Å². The maximum atomic E-state index is 5.88. The van der Waals surface area contributed by atoms with Crippen LogP contribution in [0.1, 0.15) is 31.2 Å². The lowest BCUT2D eigenvalue weighted by molar-refractivity contribution is 0.0457. The van der Waals surface area contributed by atoms with E-state index in [1.54, 1.807) is 0 Å². The standard InChI is InChI=1S/C12H15ClO/c13-11-5-3-4-10(8-11)9-14-12-6-1-2-7-12/h3-5,8,12H,1-2,6-7,9H2. The third-order valence-electron chi connectivity index (χ3n) is 2.68. The minimum Gasteiger partial charge on any atom is -0.374 e. The van der Waals surface area contributed by atoms with Gasteiger partial charge in [0.1, 0.15) is 0 Å². The second-order valence-corrected chi connectivity index (χ2v) is 4.28. The van der Waals surface area contributed by atoms with E-state index in [1.807, 2.05) is 18.2 Å². The molecule has 1 nitrogen and oxygen atoms in total. The van der Waals surface area contributed by atoms with E-state index >= 15 is 0 Å². The number of rotatable bonds is 3. The molecule has 0 saturated heterocycles. The van der Waals surface area contributed by atoms with Gasteiger partial charge in [-0.2, -0.15) is 0 Å². The van der Waals surface area contributed by atoms with E-state index in [1.165, 1.54) is 31.2 Å². The van der Waals surface area contributed by atoms with E-state index < -0.39 is 0 Å². The molecule has 1 aliphatic rings. The van der Waals surface area contributed by atoms with Gasteiger partial charge in [0, 0.05) is 5.02 Å². The number of ether oxygens (including phenoxy) is 1. The van der Waals surface area contributed by atoms with Crippen molar-refractivity contribution in [2.45, 2.75) is 38.4 Å². The molecule has 0 atom stereocenters. The minimum absolute atomic E-state index is 0.481. The first-order chi connectivity index (χ1) is 6.84. The van der Waals surface area contributed by atoms with Crippen molar-refractivity contribution in [2.24, 2.45) is 0 Å². The van der Waals surface area contributed by atoms with Gasteiger partial charge in [-0.1, -0.05) is 36.6 Å². The summed E-state index contributed by atoms with van der Waals surface area (Å²) in [5.74, 6) is 0. The number of halogens is 1. The molecule has 1 saturated carbocycles. The molecule has 0 unspecified atom stereocenters. The highest BCUT2D eigenvalue weighted by molar-refractivity contribution is 6.30. The van der Waals surface area contributed by atoms with Gasteiger partial charge >= 0.3 is 0 Å². The third-order valence-corrected chi connectivity index (χ3v) is 2.91. The van der Waals surface area contributed by atoms with Gasteiger partial charge in [0.2, 0.25) is 0 Å². The predicted molar refractivity (Wildman–Crippen MR) is 58.5 cm³/mol. The summed E-state index contributed by atoms with van der Waals surface area (Å²) in [5.41, 5.74) is 1.17. The Labute approximate surface area is 90.0 Å². The summed E-state index contributed by atoms with van der Waals surface area (Å²) in [5, 5.41) is 0.789. The second kappa shape index (κ2) is 4.81. The fraction of sp³-hybridized carbons (Fsp3) is 0.500. The molecule has 76 valence electrons. The summed E-state index contributed by atoms with van der Waals surface area (Å²) < 4.78 is 5.79. The average molecular weight is 211 g/mol. The van der Waals surface area contributed by atoms with Crippen LogP contribution in [-0.4, -0.2) is 6.10 Å². The molecule has 14 heavy (non-hydrogen) atoms. The first-order valence-corrected chi connectivity index (χ1v) is 5.58. The highest BCUT2D eigenvalue weighted by atomic mass is 35.5. The molecule has 2 heteroatoms. The molecule has 0 radical (unpaired) electrons. The molecular formula is C12H15ClO. The molecular weight excluding hydrogens is 196 g/mol. The van der Waals surface area contributed by atoms with Crippen molar-refractivity contribution in [3.8, 4) is 0 Å². The molecule has 0 aliphatic heterocycles. The van der Waals surface area contributed by atoms with Crippen molar-refractivity contribution in [3.05, 3.63) is 34.9 Å². The molecule has 0 N–H and O–H groups in total. The molecule has 2 rings (SSSR count). The lowest BCUT2D eigenvalue weighted by Gasteiger charge is -2.10. The van der Waals surface area contributed by atoms with Crippen molar-refractivity contribution >= 4 is 11.6 Å². The van der Waals surface area contributed by atoms with Crippen LogP contribution in [0.3, 0.4) is 0 Å². The van der Waals surface area contributed by atoms with Gasteiger partial charge in [-0.15, -0.1) is 0 Å². The Balaban J connectivity index is 1.85. The van der Waals surface area contributed by atoms with Crippen LogP contribution in [0.15, 0.2) is 24.3 Å². The Hall–Kier alpha value is -0.530. The lowest BCUT2D eigenvalue weighted by atomic mass is 10.2. The zero-order valence-corrected chi connectivity index (χ0v) is 8.96. The van der Waals surface area contributed by atoms with E-state index in [4.69, 9.17) is 16.3 Å². The van der Waals surface area contributed by atoms with Crippen LogP contribution in [0.2, 0.25) is 5.02 Å². The Morgan fingerprint density at radius 3 is 2.79 bits per heavy atom. The van der Waals surface area contributed by atoms with Gasteiger partial charge in [0.15, 0.2) is 0 Å². The molecule has 0 bridgehead atoms. The topological polar surface area (TPSA) is 9.23 Å². The number of benzene rings is 1. The average Bonchev–Trinajstić information content (AvgIpc) is 2.67. The van der Waals surface area contributed by atoms with E-state index in [0.29, 0.717) is 12.7 Å². The number of hydrogen-bond acceptors (Lipinski definition) is 1. The van der Waals surface area contributed by atoms with Gasteiger partial charge in [-0.3, -0.25) is 0 Å². The SMILES string of the molecule is Clc1cccc(COC2CCCC2)c1. The van der Waals surface area contributed by atoms with Crippen LogP contribution in [0, 0.1) is 0 Å². The zero-order valence-electron chi connectivity index (χ0n) is 8.21. The lowest BCUT2D eigenvalue weighted by Crippen LogP contribution is -2.06. The Morgan fingerprint density at radius 2 is 2.07 bits per heavy atom. The van der Waals surface area contributed by atoms with Crippen LogP contribution in [-0.2, 0) is 11.3 Å². The van der Waals surface area contributed by atoms with Gasteiger partial charge < -0.3 is 4.74 Å². The fourth-order valence-electron chi connectivity index (χ4n) is 1.90. The molecule has 1 aromatic rings. The van der Waals surface area contributed by atoms with Crippen LogP contribution < -0.4 is 0 Å². The monoisotopic (exact) mass is 210 g/mol. The van der Waals surface area contributed by atoms with Crippen LogP contribution in [0.25, 0.3) is 0 Å². The summed E-state index contributed by atoms with van der Waals surface area (Å²) in [6.07, 6.45) is 5.57. The fourth-order valence-corrected chi connectivity index (χ4v) is 2.11. The van der Waals surface area contributed by atoms with Crippen molar-refractivity contribution in [1.82, 2.24) is 0 Å². The molecule has 1 fully saturated rings. The molecule has 0 aromatic heterocycles. The van der Waals surface area contributed by atoms with Crippen LogP contribution >= 0.6 is 11.6 Å². The summed E-state index contributed by atoms with van der Waals surface area (Å²) >= 11 is 5.88. The highest BCUT2D eigenvalue weighted by Crippen LogP contribution is 2.22. The molecule has 0 heterocycles. The zero-order chi connectivity index (χ0) is 9.80. The normalized spacial score (nSPS) is 17.5. The Bertz CT molecular complexity index is 292. The molecule has 0 spiro atoms. The highest BCUT2D eigenvalue weighted by Gasteiger charge is 2.14. The Morgan fingerprint density at radius 1 is 1.29 bits per heavy atom. The molecule has 0 amide bonds. The summed E-state index contributed by atoms with van der Waals surface area (Å²) in [4.78, 5) is 0. The van der Waals surface area contributed by atoms with E-state index in [9.17, 15) is 0 Å². The Kier molecular flexibility index (Phi) is 3.44. The van der Waals surface area contributed by atoms with E-state index in [2.05, 4.69) is 6.07 Å². The van der Waals surface area contributed by atoms with E-state index in [-0.39, 0.29) is 0 Å². The first kappa shape index (κ1) is 10.0. The second-order valence-electron chi connectivity index (χ2n) is 3.85. The predicted octanol–water partition coefficient (Wildman–Crippen LogP) is 3.80. The van der Waals surface area contributed by atoms with Crippen molar-refractivity contribution in [2.75, 3.05) is 0 Å². The van der Waals surface area contributed by atoms with Crippen LogP contribution in [0.5, 0.6) is 0 Å². The summed E-state index contributed by atoms with van der Waals surface area (Å²) in [7, 11) is 0. The molecule has 1 aliphatic carbocycles. The van der Waals surface area contributed by atoms with Gasteiger partial charge in [0.05, 0.1) is 12.7 Å². The van der Waals surface area contributed by atoms with Crippen LogP contribution in [0.4, 0.5) is 0 Å². The number of hydrogen-bond donors (Lipinski definition) is 0. The summed E-state index contributed by atoms with van der Waals surface area (Å²) in [6, 6.07) is 7.88. The van der Waals surface area contributed by atoms with Gasteiger partial charge in [-0.25, -0.2) is 0 Å². The molecule has 1 aromatic carbocycles. The maximum absolute atomic E-state index is 5.88. The third kappa shape index (κ3) is 2.73. The smallest absolute Gasteiger partial charge is 0.0721 e. The van der Waals surface area contributed by atoms with Crippen molar-refractivity contribution < 1.29 is 4.74 Å². The van der Waals surface area contributed by atoms with E-state index in [0.717, 1.165) is 5.02 Å². The maximum Gasteiger partial charge on any atom is 0.0721 e.